The fourth-order valence-electron chi connectivity index (χ4n) is 3.95. The molecule has 4 nitrogen and oxygen atoms in total. The second kappa shape index (κ2) is 6.45. The van der Waals surface area contributed by atoms with E-state index in [9.17, 15) is 9.59 Å². The Balaban J connectivity index is 1.99. The molecule has 1 heterocycles. The van der Waals surface area contributed by atoms with Gasteiger partial charge in [0.15, 0.2) is 5.78 Å². The highest BCUT2D eigenvalue weighted by molar-refractivity contribution is 6.05. The maximum Gasteiger partial charge on any atom is 0.224 e. The average molecular weight is 346 g/mol. The second-order valence-corrected chi connectivity index (χ2v) is 7.01. The predicted octanol–water partition coefficient (Wildman–Crippen LogP) is 4.52. The molecule has 0 saturated heterocycles. The Morgan fingerprint density at radius 2 is 1.81 bits per heavy atom. The molecular formula is C22H22N2O2. The molecule has 4 rings (SSSR count). The maximum absolute atomic E-state index is 12.9. The zero-order valence-electron chi connectivity index (χ0n) is 15.1. The van der Waals surface area contributed by atoms with Gasteiger partial charge in [0.2, 0.25) is 5.91 Å². The minimum Gasteiger partial charge on any atom is -0.357 e. The fourth-order valence-corrected chi connectivity index (χ4v) is 3.95. The topological polar surface area (TPSA) is 49.4 Å². The van der Waals surface area contributed by atoms with E-state index in [1.165, 1.54) is 0 Å². The average Bonchev–Trinajstić information content (AvgIpc) is 2.77. The Bertz CT molecular complexity index is 912. The maximum atomic E-state index is 12.9. The number of amides is 1. The van der Waals surface area contributed by atoms with Crippen LogP contribution in [0.15, 0.2) is 59.8 Å². The van der Waals surface area contributed by atoms with Gasteiger partial charge in [-0.2, -0.15) is 0 Å². The van der Waals surface area contributed by atoms with Crippen LogP contribution >= 0.6 is 0 Å². The third-order valence-corrected chi connectivity index (χ3v) is 5.17. The molecule has 1 aliphatic carbocycles. The largest absolute Gasteiger partial charge is 0.357 e. The minimum absolute atomic E-state index is 0.0723. The lowest BCUT2D eigenvalue weighted by Crippen LogP contribution is -2.36. The van der Waals surface area contributed by atoms with Gasteiger partial charge in [-0.1, -0.05) is 42.0 Å². The molecule has 0 spiro atoms. The van der Waals surface area contributed by atoms with Crippen molar-refractivity contribution in [3.8, 4) is 0 Å². The standard InChI is InChI=1S/C22H22N2O2/c1-14-10-12-16(13-11-14)22-21-18(7-5-9-20(21)26)23-17-6-3-4-8-19(17)24(22)15(2)25/h3-4,6,8,10-13,22-23H,5,7,9H2,1-2H3/t22-/m0/s1. The number of hydrogen-bond acceptors (Lipinski definition) is 3. The molecule has 132 valence electrons. The summed E-state index contributed by atoms with van der Waals surface area (Å²) < 4.78 is 0. The summed E-state index contributed by atoms with van der Waals surface area (Å²) in [4.78, 5) is 27.4. The zero-order chi connectivity index (χ0) is 18.3. The van der Waals surface area contributed by atoms with Crippen molar-refractivity contribution in [3.63, 3.8) is 0 Å². The molecule has 1 amide bonds. The first-order chi connectivity index (χ1) is 12.6. The van der Waals surface area contributed by atoms with E-state index in [1.54, 1.807) is 11.8 Å². The van der Waals surface area contributed by atoms with E-state index in [-0.39, 0.29) is 11.7 Å². The molecule has 4 heteroatoms. The van der Waals surface area contributed by atoms with Crippen LogP contribution in [-0.4, -0.2) is 11.7 Å². The van der Waals surface area contributed by atoms with E-state index in [1.807, 2.05) is 55.5 Å². The number of anilines is 2. The molecular weight excluding hydrogens is 324 g/mol. The number of ketones is 1. The van der Waals surface area contributed by atoms with Gasteiger partial charge < -0.3 is 5.32 Å². The summed E-state index contributed by atoms with van der Waals surface area (Å²) in [5.41, 5.74) is 5.48. The van der Waals surface area contributed by atoms with Crippen molar-refractivity contribution in [2.75, 3.05) is 10.2 Å². The van der Waals surface area contributed by atoms with E-state index in [2.05, 4.69) is 5.32 Å². The van der Waals surface area contributed by atoms with Crippen molar-refractivity contribution >= 4 is 23.1 Å². The van der Waals surface area contributed by atoms with Crippen LogP contribution < -0.4 is 10.2 Å². The van der Waals surface area contributed by atoms with Gasteiger partial charge in [-0.3, -0.25) is 14.5 Å². The molecule has 2 aliphatic rings. The Morgan fingerprint density at radius 3 is 2.54 bits per heavy atom. The number of nitrogens with one attached hydrogen (secondary N) is 1. The molecule has 0 aromatic heterocycles. The summed E-state index contributed by atoms with van der Waals surface area (Å²) in [6, 6.07) is 15.5. The van der Waals surface area contributed by atoms with E-state index in [0.29, 0.717) is 6.42 Å². The molecule has 0 unspecified atom stereocenters. The monoisotopic (exact) mass is 346 g/mol. The van der Waals surface area contributed by atoms with Gasteiger partial charge in [0, 0.05) is 24.6 Å². The van der Waals surface area contributed by atoms with Crippen molar-refractivity contribution in [3.05, 3.63) is 70.9 Å². The van der Waals surface area contributed by atoms with E-state index < -0.39 is 6.04 Å². The van der Waals surface area contributed by atoms with Gasteiger partial charge in [0.1, 0.15) is 0 Å². The summed E-state index contributed by atoms with van der Waals surface area (Å²) in [6.45, 7) is 3.60. The van der Waals surface area contributed by atoms with Crippen LogP contribution in [0.5, 0.6) is 0 Å². The first-order valence-electron chi connectivity index (χ1n) is 9.05. The van der Waals surface area contributed by atoms with Gasteiger partial charge in [0.25, 0.3) is 0 Å². The quantitative estimate of drug-likeness (QED) is 0.826. The lowest BCUT2D eigenvalue weighted by atomic mass is 9.85. The van der Waals surface area contributed by atoms with Gasteiger partial charge in [0.05, 0.1) is 17.4 Å². The highest BCUT2D eigenvalue weighted by Gasteiger charge is 2.38. The van der Waals surface area contributed by atoms with Crippen LogP contribution in [0, 0.1) is 6.92 Å². The molecule has 2 aromatic carbocycles. The molecule has 0 radical (unpaired) electrons. The summed E-state index contributed by atoms with van der Waals surface area (Å²) in [7, 11) is 0. The van der Waals surface area contributed by atoms with E-state index in [4.69, 9.17) is 0 Å². The fraction of sp³-hybridized carbons (Fsp3) is 0.273. The number of benzene rings is 2. The summed E-state index contributed by atoms with van der Waals surface area (Å²) in [5.74, 6) is 0.0559. The molecule has 0 fully saturated rings. The Kier molecular flexibility index (Phi) is 4.11. The molecule has 1 atom stereocenters. The molecule has 0 saturated carbocycles. The third-order valence-electron chi connectivity index (χ3n) is 5.17. The minimum atomic E-state index is -0.396. The number of para-hydroxylation sites is 2. The van der Waals surface area contributed by atoms with E-state index in [0.717, 1.165) is 46.6 Å². The van der Waals surface area contributed by atoms with Crippen molar-refractivity contribution in [2.45, 2.75) is 39.2 Å². The molecule has 0 bridgehead atoms. The Hall–Kier alpha value is -2.88. The predicted molar refractivity (Wildman–Crippen MR) is 103 cm³/mol. The Labute approximate surface area is 153 Å². The van der Waals surface area contributed by atoms with Crippen molar-refractivity contribution in [1.82, 2.24) is 0 Å². The number of hydrogen-bond donors (Lipinski definition) is 1. The molecule has 2 aromatic rings. The molecule has 1 N–H and O–H groups in total. The summed E-state index contributed by atoms with van der Waals surface area (Å²) in [6.07, 6.45) is 2.20. The van der Waals surface area contributed by atoms with Gasteiger partial charge in [-0.25, -0.2) is 0 Å². The smallest absolute Gasteiger partial charge is 0.224 e. The third kappa shape index (κ3) is 2.71. The first-order valence-corrected chi connectivity index (χ1v) is 9.05. The van der Waals surface area contributed by atoms with Gasteiger partial charge in [-0.05, 0) is 37.5 Å². The van der Waals surface area contributed by atoms with Crippen LogP contribution in [0.4, 0.5) is 11.4 Å². The first kappa shape index (κ1) is 16.6. The number of Topliss-reactive ketones (excluding diaryl/α,β-unsaturated/α-hetero) is 1. The van der Waals surface area contributed by atoms with Crippen LogP contribution in [0.25, 0.3) is 0 Å². The number of nitrogens with zero attached hydrogens (tertiary/aromatic N) is 1. The molecule has 1 aliphatic heterocycles. The lowest BCUT2D eigenvalue weighted by Gasteiger charge is -2.33. The number of allylic oxidation sites excluding steroid dienone is 1. The van der Waals surface area contributed by atoms with Crippen LogP contribution in [0.2, 0.25) is 0 Å². The van der Waals surface area contributed by atoms with Crippen molar-refractivity contribution in [1.29, 1.82) is 0 Å². The zero-order valence-corrected chi connectivity index (χ0v) is 15.1. The van der Waals surface area contributed by atoms with Gasteiger partial charge in [-0.15, -0.1) is 0 Å². The lowest BCUT2D eigenvalue weighted by molar-refractivity contribution is -0.117. The van der Waals surface area contributed by atoms with Crippen LogP contribution in [0.1, 0.15) is 43.4 Å². The highest BCUT2D eigenvalue weighted by Crippen LogP contribution is 2.44. The van der Waals surface area contributed by atoms with Crippen molar-refractivity contribution < 1.29 is 9.59 Å². The van der Waals surface area contributed by atoms with Gasteiger partial charge >= 0.3 is 0 Å². The van der Waals surface area contributed by atoms with Crippen LogP contribution in [-0.2, 0) is 9.59 Å². The number of fused-ring (bicyclic) bond motifs is 1. The second-order valence-electron chi connectivity index (χ2n) is 7.01. The number of carbonyl (C=O) groups is 2. The van der Waals surface area contributed by atoms with Crippen molar-refractivity contribution in [2.24, 2.45) is 0 Å². The number of aryl methyl sites for hydroxylation is 1. The van der Waals surface area contributed by atoms with E-state index >= 15 is 0 Å². The van der Waals surface area contributed by atoms with Crippen LogP contribution in [0.3, 0.4) is 0 Å². The highest BCUT2D eigenvalue weighted by atomic mass is 16.2. The molecule has 26 heavy (non-hydrogen) atoms. The number of carbonyl (C=O) groups excluding carboxylic acids is 2. The summed E-state index contributed by atoms with van der Waals surface area (Å²) >= 11 is 0. The number of rotatable bonds is 1. The Morgan fingerprint density at radius 1 is 1.08 bits per heavy atom. The normalized spacial score (nSPS) is 19.4. The summed E-state index contributed by atoms with van der Waals surface area (Å²) in [5, 5.41) is 3.45. The SMILES string of the molecule is CC(=O)N1c2ccccc2NC2=C(C(=O)CCC2)[C@@H]1c1ccc(C)cc1.